The summed E-state index contributed by atoms with van der Waals surface area (Å²) in [5, 5.41) is 12.1. The minimum atomic E-state index is -4.72. The molecule has 2 aromatic carbocycles. The van der Waals surface area contributed by atoms with Gasteiger partial charge in [-0.25, -0.2) is 0 Å². The van der Waals surface area contributed by atoms with Gasteiger partial charge >= 0.3 is 6.18 Å². The van der Waals surface area contributed by atoms with Crippen LogP contribution >= 0.6 is 11.8 Å². The maximum Gasteiger partial charge on any atom is 0.420 e. The summed E-state index contributed by atoms with van der Waals surface area (Å²) in [5.74, 6) is -0.587. The molecule has 2 heterocycles. The number of carbonyl (C=O) groups is 1. The first-order chi connectivity index (χ1) is 17.3. The van der Waals surface area contributed by atoms with Crippen LogP contribution in [0.25, 0.3) is 6.08 Å². The summed E-state index contributed by atoms with van der Waals surface area (Å²) < 4.78 is 51.3. The van der Waals surface area contributed by atoms with Crippen LogP contribution in [0, 0.1) is 11.3 Å². The van der Waals surface area contributed by atoms with E-state index in [9.17, 15) is 18.0 Å². The van der Waals surface area contributed by atoms with Gasteiger partial charge in [-0.3, -0.25) is 14.8 Å². The number of amides is 1. The Morgan fingerprint density at radius 3 is 2.67 bits per heavy atom. The van der Waals surface area contributed by atoms with Crippen LogP contribution in [0.3, 0.4) is 0 Å². The van der Waals surface area contributed by atoms with Gasteiger partial charge in [-0.2, -0.15) is 18.4 Å². The zero-order chi connectivity index (χ0) is 25.7. The number of aromatic nitrogens is 1. The van der Waals surface area contributed by atoms with Crippen LogP contribution in [-0.4, -0.2) is 23.2 Å². The van der Waals surface area contributed by atoms with Gasteiger partial charge in [-0.15, -0.1) is 0 Å². The highest BCUT2D eigenvalue weighted by Gasteiger charge is 2.35. The van der Waals surface area contributed by atoms with Gasteiger partial charge < -0.3 is 14.8 Å². The van der Waals surface area contributed by atoms with E-state index in [-0.39, 0.29) is 23.0 Å². The van der Waals surface area contributed by atoms with Crippen molar-refractivity contribution in [3.05, 3.63) is 88.1 Å². The largest absolute Gasteiger partial charge is 0.493 e. The number of carbonyl (C=O) groups excluding carboxylic acids is 1. The van der Waals surface area contributed by atoms with E-state index in [1.165, 1.54) is 37.1 Å². The molecule has 0 atom stereocenters. The number of rotatable bonds is 6. The minimum Gasteiger partial charge on any atom is -0.493 e. The molecule has 182 valence electrons. The van der Waals surface area contributed by atoms with E-state index in [4.69, 9.17) is 14.7 Å². The Balaban J connectivity index is 1.55. The number of benzene rings is 2. The summed E-state index contributed by atoms with van der Waals surface area (Å²) in [5.41, 5.74) is 0.251. The van der Waals surface area contributed by atoms with Gasteiger partial charge in [0.05, 0.1) is 35.8 Å². The Morgan fingerprint density at radius 2 is 1.97 bits per heavy atom. The van der Waals surface area contributed by atoms with Crippen LogP contribution in [0.5, 0.6) is 17.2 Å². The molecule has 11 heteroatoms. The second-order valence-electron chi connectivity index (χ2n) is 7.38. The van der Waals surface area contributed by atoms with E-state index in [2.05, 4.69) is 15.3 Å². The van der Waals surface area contributed by atoms with Crippen LogP contribution in [-0.2, 0) is 17.5 Å². The van der Waals surface area contributed by atoms with E-state index >= 15 is 0 Å². The molecule has 0 bridgehead atoms. The molecule has 1 amide bonds. The van der Waals surface area contributed by atoms with Crippen molar-refractivity contribution < 1.29 is 27.4 Å². The zero-order valence-electron chi connectivity index (χ0n) is 18.7. The topological polar surface area (TPSA) is 96.6 Å². The number of nitrogens with zero attached hydrogens (tertiary/aromatic N) is 3. The first-order valence-corrected chi connectivity index (χ1v) is 11.2. The van der Waals surface area contributed by atoms with Crippen molar-refractivity contribution in [2.45, 2.75) is 12.7 Å². The van der Waals surface area contributed by atoms with Crippen LogP contribution in [0.2, 0.25) is 0 Å². The molecule has 3 aromatic rings. The summed E-state index contributed by atoms with van der Waals surface area (Å²) in [4.78, 5) is 21.2. The number of halogens is 3. The number of nitriles is 1. The highest BCUT2D eigenvalue weighted by molar-refractivity contribution is 8.18. The first kappa shape index (κ1) is 24.8. The summed E-state index contributed by atoms with van der Waals surface area (Å²) >= 11 is 1.17. The standard InChI is InChI=1S/C25H17F3N4O3S/c1-34-21-10-15(11-22-23(33)32-24(36-22)31-14-17-3-2-8-30-13-17)4-7-20(21)35-19-6-5-16(12-29)9-18(19)25(26,27)28/h2-11,13H,14H2,1H3,(H,31,32,33)/b22-11+. The fourth-order valence-corrected chi connectivity index (χ4v) is 4.01. The molecule has 36 heavy (non-hydrogen) atoms. The number of hydrogen-bond donors (Lipinski definition) is 1. The molecule has 1 aliphatic rings. The Morgan fingerprint density at radius 1 is 1.17 bits per heavy atom. The van der Waals surface area contributed by atoms with E-state index < -0.39 is 17.5 Å². The molecule has 0 spiro atoms. The van der Waals surface area contributed by atoms with Gasteiger partial charge in [0.25, 0.3) is 5.91 Å². The second kappa shape index (κ2) is 10.5. The van der Waals surface area contributed by atoms with E-state index in [1.54, 1.807) is 36.7 Å². The third-order valence-electron chi connectivity index (χ3n) is 4.90. The fourth-order valence-electron chi connectivity index (χ4n) is 3.19. The molecular formula is C25H17F3N4O3S. The summed E-state index contributed by atoms with van der Waals surface area (Å²) in [7, 11) is 1.35. The molecule has 1 aromatic heterocycles. The van der Waals surface area contributed by atoms with Crippen molar-refractivity contribution in [3.8, 4) is 23.3 Å². The third-order valence-corrected chi connectivity index (χ3v) is 5.85. The molecular weight excluding hydrogens is 493 g/mol. The van der Waals surface area contributed by atoms with E-state index in [0.717, 1.165) is 17.7 Å². The molecule has 1 N–H and O–H groups in total. The Bertz CT molecular complexity index is 1400. The van der Waals surface area contributed by atoms with Gasteiger partial charge in [0.1, 0.15) is 5.75 Å². The molecule has 0 unspecified atom stereocenters. The number of amidine groups is 1. The number of methoxy groups -OCH3 is 1. The predicted molar refractivity (Wildman–Crippen MR) is 128 cm³/mol. The summed E-state index contributed by atoms with van der Waals surface area (Å²) in [6.07, 6.45) is 0.242. The smallest absolute Gasteiger partial charge is 0.420 e. The van der Waals surface area contributed by atoms with E-state index in [1.807, 2.05) is 6.07 Å². The van der Waals surface area contributed by atoms with Crippen molar-refractivity contribution in [1.82, 2.24) is 10.3 Å². The van der Waals surface area contributed by atoms with Crippen LogP contribution in [0.15, 0.2) is 70.8 Å². The molecule has 0 aliphatic carbocycles. The molecule has 7 nitrogen and oxygen atoms in total. The molecule has 4 rings (SSSR count). The summed E-state index contributed by atoms with van der Waals surface area (Å²) in [6, 6.07) is 13.0. The maximum atomic E-state index is 13.5. The van der Waals surface area contributed by atoms with Crippen molar-refractivity contribution in [2.75, 3.05) is 7.11 Å². The number of pyridine rings is 1. The Hall–Kier alpha value is -4.30. The number of thioether (sulfide) groups is 1. The molecule has 1 fully saturated rings. The van der Waals surface area contributed by atoms with Crippen molar-refractivity contribution in [2.24, 2.45) is 4.99 Å². The normalized spacial score (nSPS) is 15.6. The fraction of sp³-hybridized carbons (Fsp3) is 0.120. The number of nitrogens with one attached hydrogen (secondary N) is 1. The average Bonchev–Trinajstić information content (AvgIpc) is 3.22. The van der Waals surface area contributed by atoms with Gasteiger partial charge in [-0.1, -0.05) is 12.1 Å². The number of aliphatic imine (C=N–C) groups is 1. The second-order valence-corrected chi connectivity index (χ2v) is 8.41. The van der Waals surface area contributed by atoms with E-state index in [0.29, 0.717) is 22.2 Å². The summed E-state index contributed by atoms with van der Waals surface area (Å²) in [6.45, 7) is 0.360. The van der Waals surface area contributed by atoms with Crippen molar-refractivity contribution in [3.63, 3.8) is 0 Å². The lowest BCUT2D eigenvalue weighted by Crippen LogP contribution is -2.19. The van der Waals surface area contributed by atoms with Crippen LogP contribution in [0.4, 0.5) is 13.2 Å². The molecule has 1 saturated heterocycles. The van der Waals surface area contributed by atoms with Gasteiger partial charge in [-0.05, 0) is 65.4 Å². The predicted octanol–water partition coefficient (Wildman–Crippen LogP) is 5.53. The number of alkyl halides is 3. The molecule has 1 aliphatic heterocycles. The lowest BCUT2D eigenvalue weighted by Gasteiger charge is -2.16. The highest BCUT2D eigenvalue weighted by Crippen LogP contribution is 2.41. The maximum absolute atomic E-state index is 13.5. The van der Waals surface area contributed by atoms with Gasteiger partial charge in [0.15, 0.2) is 16.7 Å². The Kier molecular flexibility index (Phi) is 7.26. The first-order valence-electron chi connectivity index (χ1n) is 10.4. The van der Waals surface area contributed by atoms with Gasteiger partial charge in [0.2, 0.25) is 0 Å². The average molecular weight is 510 g/mol. The van der Waals surface area contributed by atoms with Gasteiger partial charge in [0, 0.05) is 12.4 Å². The molecule has 0 radical (unpaired) electrons. The minimum absolute atomic E-state index is 0.0390. The lowest BCUT2D eigenvalue weighted by atomic mass is 10.1. The monoisotopic (exact) mass is 510 g/mol. The van der Waals surface area contributed by atoms with Crippen LogP contribution in [0.1, 0.15) is 22.3 Å². The highest BCUT2D eigenvalue weighted by atomic mass is 32.2. The number of ether oxygens (including phenoxy) is 2. The quantitative estimate of drug-likeness (QED) is 0.438. The zero-order valence-corrected chi connectivity index (χ0v) is 19.5. The number of hydrogen-bond acceptors (Lipinski definition) is 7. The molecule has 0 saturated carbocycles. The Labute approximate surface area is 208 Å². The van der Waals surface area contributed by atoms with Crippen molar-refractivity contribution >= 4 is 28.9 Å². The van der Waals surface area contributed by atoms with Crippen LogP contribution < -0.4 is 14.8 Å². The SMILES string of the molecule is COc1cc(/C=C2/SC(=NCc3cccnc3)NC2=O)ccc1Oc1ccc(C#N)cc1C(F)(F)F. The third kappa shape index (κ3) is 5.84. The van der Waals surface area contributed by atoms with Crippen molar-refractivity contribution in [1.29, 1.82) is 5.26 Å². The lowest BCUT2D eigenvalue weighted by molar-refractivity contribution is -0.138.